The van der Waals surface area contributed by atoms with Gasteiger partial charge in [0.2, 0.25) is 0 Å². The Hall–Kier alpha value is -3.85. The number of carbonyl (C=O) groups is 1. The van der Waals surface area contributed by atoms with Crippen molar-refractivity contribution in [3.05, 3.63) is 83.4 Å². The summed E-state index contributed by atoms with van der Waals surface area (Å²) in [6, 6.07) is 17.7. The monoisotopic (exact) mass is 468 g/mol. The molecular formula is C24H24N2O6S. The van der Waals surface area contributed by atoms with E-state index in [-0.39, 0.29) is 10.6 Å². The van der Waals surface area contributed by atoms with Crippen LogP contribution in [0.25, 0.3) is 0 Å². The maximum atomic E-state index is 12.5. The Bertz CT molecular complexity index is 1240. The van der Waals surface area contributed by atoms with E-state index in [0.717, 1.165) is 5.56 Å². The molecule has 0 heterocycles. The Kier molecular flexibility index (Phi) is 7.68. The summed E-state index contributed by atoms with van der Waals surface area (Å²) in [7, 11) is -2.24. The number of rotatable bonds is 9. The van der Waals surface area contributed by atoms with Crippen LogP contribution < -0.4 is 19.0 Å². The van der Waals surface area contributed by atoms with Gasteiger partial charge in [-0.25, -0.2) is 9.63 Å². The topological polar surface area (TPSA) is 103 Å². The molecule has 3 rings (SSSR count). The van der Waals surface area contributed by atoms with E-state index >= 15 is 0 Å². The van der Waals surface area contributed by atoms with Crippen LogP contribution >= 0.6 is 0 Å². The molecule has 33 heavy (non-hydrogen) atoms. The van der Waals surface area contributed by atoms with Crippen LogP contribution in [0.1, 0.15) is 28.4 Å². The van der Waals surface area contributed by atoms with Crippen LogP contribution in [0.3, 0.4) is 0 Å². The van der Waals surface area contributed by atoms with Crippen LogP contribution in [0.4, 0.5) is 0 Å². The highest BCUT2D eigenvalue weighted by Gasteiger charge is 2.14. The summed E-state index contributed by atoms with van der Waals surface area (Å²) in [5, 5.41) is 3.83. The van der Waals surface area contributed by atoms with E-state index in [1.165, 1.54) is 18.3 Å². The SMILES string of the molecule is CCOc1cc(/C=N/NS(=O)(=O)c2ccc(C)cc2)ccc1OC(=O)c1ccc(OC)cc1. The summed E-state index contributed by atoms with van der Waals surface area (Å²) in [4.78, 5) is 14.8. The molecule has 3 aromatic carbocycles. The quantitative estimate of drug-likeness (QED) is 0.221. The molecule has 0 unspecified atom stereocenters. The lowest BCUT2D eigenvalue weighted by molar-refractivity contribution is 0.0728. The minimum atomic E-state index is -3.78. The summed E-state index contributed by atoms with van der Waals surface area (Å²) in [5.74, 6) is 0.633. The average Bonchev–Trinajstić information content (AvgIpc) is 2.81. The first kappa shape index (κ1) is 23.8. The summed E-state index contributed by atoms with van der Waals surface area (Å²) >= 11 is 0. The zero-order valence-electron chi connectivity index (χ0n) is 18.4. The molecule has 0 saturated heterocycles. The molecule has 0 spiro atoms. The number of hydrazone groups is 1. The molecule has 3 aromatic rings. The molecule has 0 aliphatic heterocycles. The summed E-state index contributed by atoms with van der Waals surface area (Å²) in [6.07, 6.45) is 1.34. The first-order chi connectivity index (χ1) is 15.8. The highest BCUT2D eigenvalue weighted by atomic mass is 32.2. The van der Waals surface area contributed by atoms with E-state index in [0.29, 0.717) is 29.2 Å². The fourth-order valence-electron chi connectivity index (χ4n) is 2.78. The zero-order chi connectivity index (χ0) is 23.8. The smallest absolute Gasteiger partial charge is 0.343 e. The van der Waals surface area contributed by atoms with E-state index in [1.807, 2.05) is 6.92 Å². The van der Waals surface area contributed by atoms with Crippen molar-refractivity contribution in [1.29, 1.82) is 0 Å². The largest absolute Gasteiger partial charge is 0.497 e. The highest BCUT2D eigenvalue weighted by molar-refractivity contribution is 7.89. The van der Waals surface area contributed by atoms with Crippen molar-refractivity contribution >= 4 is 22.2 Å². The van der Waals surface area contributed by atoms with Crippen LogP contribution in [-0.4, -0.2) is 34.3 Å². The van der Waals surface area contributed by atoms with Gasteiger partial charge in [0.25, 0.3) is 10.0 Å². The van der Waals surface area contributed by atoms with Crippen LogP contribution in [0.5, 0.6) is 17.2 Å². The standard InChI is InChI=1S/C24H24N2O6S/c1-4-31-23-15-18(16-25-26-33(28,29)21-12-5-17(2)6-13-21)7-14-22(23)32-24(27)19-8-10-20(30-3)11-9-19/h5-16,26H,4H2,1-3H3/b25-16+. The van der Waals surface area contributed by atoms with E-state index in [9.17, 15) is 13.2 Å². The molecule has 9 heteroatoms. The molecule has 0 bridgehead atoms. The second-order valence-electron chi connectivity index (χ2n) is 6.92. The number of carbonyl (C=O) groups excluding carboxylic acids is 1. The second kappa shape index (κ2) is 10.6. The van der Waals surface area contributed by atoms with Gasteiger partial charge in [-0.05, 0) is 74.0 Å². The number of sulfonamides is 1. The predicted molar refractivity (Wildman–Crippen MR) is 125 cm³/mol. The molecule has 1 N–H and O–H groups in total. The maximum Gasteiger partial charge on any atom is 0.343 e. The van der Waals surface area contributed by atoms with Crippen LogP contribution in [-0.2, 0) is 10.0 Å². The lowest BCUT2D eigenvalue weighted by atomic mass is 10.2. The number of ether oxygens (including phenoxy) is 3. The molecule has 8 nitrogen and oxygen atoms in total. The zero-order valence-corrected chi connectivity index (χ0v) is 19.3. The van der Waals surface area contributed by atoms with Gasteiger partial charge in [-0.2, -0.15) is 13.5 Å². The maximum absolute atomic E-state index is 12.5. The normalized spacial score (nSPS) is 11.2. The Morgan fingerprint density at radius 1 is 1.00 bits per heavy atom. The van der Waals surface area contributed by atoms with Gasteiger partial charge in [-0.3, -0.25) is 0 Å². The number of hydrogen-bond acceptors (Lipinski definition) is 7. The third-order valence-corrected chi connectivity index (χ3v) is 5.75. The first-order valence-electron chi connectivity index (χ1n) is 10.1. The Labute approximate surface area is 192 Å². The number of hydrogen-bond donors (Lipinski definition) is 1. The Morgan fingerprint density at radius 2 is 1.70 bits per heavy atom. The van der Waals surface area contributed by atoms with Gasteiger partial charge in [0.05, 0.1) is 30.4 Å². The molecule has 172 valence electrons. The molecule has 0 aromatic heterocycles. The van der Waals surface area contributed by atoms with Gasteiger partial charge < -0.3 is 14.2 Å². The molecule has 0 aliphatic carbocycles. The molecular weight excluding hydrogens is 444 g/mol. The fraction of sp³-hybridized carbons (Fsp3) is 0.167. The van der Waals surface area contributed by atoms with Crippen molar-refractivity contribution in [3.63, 3.8) is 0 Å². The molecule has 0 saturated carbocycles. The van der Waals surface area contributed by atoms with Crippen molar-refractivity contribution in [2.75, 3.05) is 13.7 Å². The molecule has 0 aliphatic rings. The van der Waals surface area contributed by atoms with E-state index in [4.69, 9.17) is 14.2 Å². The second-order valence-corrected chi connectivity index (χ2v) is 8.58. The number of aryl methyl sites for hydroxylation is 1. The molecule has 0 radical (unpaired) electrons. The van der Waals surface area contributed by atoms with Gasteiger partial charge in [0, 0.05) is 0 Å². The number of nitrogens with zero attached hydrogens (tertiary/aromatic N) is 1. The van der Waals surface area contributed by atoms with Crippen molar-refractivity contribution in [2.24, 2.45) is 5.10 Å². The van der Waals surface area contributed by atoms with Crippen molar-refractivity contribution < 1.29 is 27.4 Å². The summed E-state index contributed by atoms with van der Waals surface area (Å²) in [5.41, 5.74) is 1.86. The number of benzene rings is 3. The van der Waals surface area contributed by atoms with Gasteiger partial charge in [0.15, 0.2) is 11.5 Å². The van der Waals surface area contributed by atoms with Gasteiger partial charge in [-0.1, -0.05) is 17.7 Å². The average molecular weight is 469 g/mol. The molecule has 0 atom stereocenters. The fourth-order valence-corrected chi connectivity index (χ4v) is 3.58. The van der Waals surface area contributed by atoms with Crippen LogP contribution in [0, 0.1) is 6.92 Å². The van der Waals surface area contributed by atoms with Crippen molar-refractivity contribution in [3.8, 4) is 17.2 Å². The van der Waals surface area contributed by atoms with Crippen molar-refractivity contribution in [1.82, 2.24) is 4.83 Å². The van der Waals surface area contributed by atoms with Crippen molar-refractivity contribution in [2.45, 2.75) is 18.7 Å². The van der Waals surface area contributed by atoms with Gasteiger partial charge >= 0.3 is 5.97 Å². The molecule has 0 amide bonds. The summed E-state index contributed by atoms with van der Waals surface area (Å²) < 4.78 is 40.8. The minimum absolute atomic E-state index is 0.112. The minimum Gasteiger partial charge on any atom is -0.497 e. The number of esters is 1. The first-order valence-corrected chi connectivity index (χ1v) is 11.6. The van der Waals surface area contributed by atoms with Crippen LogP contribution in [0.15, 0.2) is 76.7 Å². The third kappa shape index (κ3) is 6.33. The van der Waals surface area contributed by atoms with Gasteiger partial charge in [0.1, 0.15) is 5.75 Å². The highest BCUT2D eigenvalue weighted by Crippen LogP contribution is 2.29. The predicted octanol–water partition coefficient (Wildman–Crippen LogP) is 3.93. The Balaban J connectivity index is 1.73. The lowest BCUT2D eigenvalue weighted by Crippen LogP contribution is -2.18. The third-order valence-electron chi connectivity index (χ3n) is 4.51. The Morgan fingerprint density at radius 3 is 2.33 bits per heavy atom. The lowest BCUT2D eigenvalue weighted by Gasteiger charge is -2.11. The summed E-state index contributed by atoms with van der Waals surface area (Å²) in [6.45, 7) is 4.01. The van der Waals surface area contributed by atoms with Crippen LogP contribution in [0.2, 0.25) is 0 Å². The number of methoxy groups -OCH3 is 1. The van der Waals surface area contributed by atoms with E-state index in [1.54, 1.807) is 68.6 Å². The number of nitrogens with one attached hydrogen (secondary N) is 1. The van der Waals surface area contributed by atoms with Gasteiger partial charge in [-0.15, -0.1) is 0 Å². The molecule has 0 fully saturated rings. The van der Waals surface area contributed by atoms with E-state index < -0.39 is 16.0 Å². The van der Waals surface area contributed by atoms with E-state index in [2.05, 4.69) is 9.93 Å².